The normalized spacial score (nSPS) is 23.5. The van der Waals surface area contributed by atoms with Gasteiger partial charge in [-0.15, -0.1) is 0 Å². The summed E-state index contributed by atoms with van der Waals surface area (Å²) < 4.78 is 1.70. The molecule has 0 N–H and O–H groups in total. The summed E-state index contributed by atoms with van der Waals surface area (Å²) in [6, 6.07) is 0. The molecule has 0 bridgehead atoms. The van der Waals surface area contributed by atoms with E-state index < -0.39 is 7.22 Å². The molecule has 0 aromatic heterocycles. The van der Waals surface area contributed by atoms with Crippen molar-refractivity contribution in [3.8, 4) is 0 Å². The van der Waals surface area contributed by atoms with Crippen molar-refractivity contribution in [2.24, 2.45) is 10.8 Å². The van der Waals surface area contributed by atoms with Crippen LogP contribution >= 0.6 is 11.2 Å². The van der Waals surface area contributed by atoms with E-state index in [1.807, 2.05) is 0 Å². The molecule has 2 aliphatic carbocycles. The third-order valence-electron chi connectivity index (χ3n) is 5.42. The quantitative estimate of drug-likeness (QED) is 0.551. The average Bonchev–Trinajstić information content (AvgIpc) is 2.85. The maximum Gasteiger partial charge on any atom is -1.00 e. The van der Waals surface area contributed by atoms with Gasteiger partial charge >= 0.3 is 173 Å². The van der Waals surface area contributed by atoms with Crippen LogP contribution in [-0.4, -0.2) is 12.0 Å². The third kappa shape index (κ3) is 5.70. The van der Waals surface area contributed by atoms with Crippen LogP contribution in [0.2, 0.25) is 19.6 Å². The molecule has 27 heavy (non-hydrogen) atoms. The molecule has 151 valence electrons. The Labute approximate surface area is 197 Å². The standard InChI is InChI=1S/C22H35SSi.2ClH.Ti/c1-17-14-15-22(23-24(7,8)9,19(16-17)20(2,3)4)21(5,6)18-12-10-11-13-18;;;/h10,12,14,16H,11,15H2,1-9H3;2*1H;/q;;;+2/p-2. The molecule has 0 nitrogen and oxygen atoms in total. The Morgan fingerprint density at radius 3 is 2.04 bits per heavy atom. The Morgan fingerprint density at radius 1 is 1.07 bits per heavy atom. The van der Waals surface area contributed by atoms with Crippen molar-refractivity contribution in [3.05, 3.63) is 44.9 Å². The topological polar surface area (TPSA) is 0 Å². The Balaban J connectivity index is 0.00000338. The van der Waals surface area contributed by atoms with Gasteiger partial charge in [-0.25, -0.2) is 0 Å². The fourth-order valence-electron chi connectivity index (χ4n) is 4.29. The van der Waals surface area contributed by atoms with Crippen LogP contribution in [0.5, 0.6) is 0 Å². The van der Waals surface area contributed by atoms with Gasteiger partial charge < -0.3 is 24.8 Å². The zero-order chi connectivity index (χ0) is 19.3. The number of rotatable bonds is 4. The summed E-state index contributed by atoms with van der Waals surface area (Å²) in [4.78, 5) is 0. The van der Waals surface area contributed by atoms with E-state index in [4.69, 9.17) is 0 Å². The summed E-state index contributed by atoms with van der Waals surface area (Å²) >= 11 is 4.64. The van der Waals surface area contributed by atoms with E-state index in [2.05, 4.69) is 117 Å². The maximum absolute atomic E-state index is 2.51. The largest absolute Gasteiger partial charge is 1.00 e. The Kier molecular flexibility index (Phi) is 9.60. The van der Waals surface area contributed by atoms with E-state index in [-0.39, 0.29) is 40.4 Å². The van der Waals surface area contributed by atoms with Gasteiger partial charge in [0.1, 0.15) is 0 Å². The van der Waals surface area contributed by atoms with Crippen LogP contribution in [-0.2, 0) is 20.4 Å². The van der Waals surface area contributed by atoms with Gasteiger partial charge in [-0.1, -0.05) is 0 Å². The van der Waals surface area contributed by atoms with E-state index >= 15 is 0 Å². The summed E-state index contributed by atoms with van der Waals surface area (Å²) in [7, 11) is -1.34. The Bertz CT molecular complexity index is 675. The van der Waals surface area contributed by atoms with E-state index in [1.54, 1.807) is 15.0 Å². The Morgan fingerprint density at radius 2 is 1.63 bits per heavy atom. The molecule has 0 fully saturated rings. The molecule has 0 spiro atoms. The molecule has 0 aromatic carbocycles. The predicted molar refractivity (Wildman–Crippen MR) is 114 cm³/mol. The molecule has 1 atom stereocenters. The van der Waals surface area contributed by atoms with E-state index in [0.29, 0.717) is 0 Å². The predicted octanol–water partition coefficient (Wildman–Crippen LogP) is 1.41. The van der Waals surface area contributed by atoms with E-state index in [9.17, 15) is 0 Å². The molecule has 0 aromatic rings. The van der Waals surface area contributed by atoms with E-state index in [0.717, 1.165) is 12.8 Å². The fraction of sp³-hybridized carbons (Fsp3) is 0.636. The van der Waals surface area contributed by atoms with E-state index in [1.165, 1.54) is 5.57 Å². The summed E-state index contributed by atoms with van der Waals surface area (Å²) in [6.07, 6.45) is 12.0. The van der Waals surface area contributed by atoms with Gasteiger partial charge in [-0.05, 0) is 0 Å². The Hall–Kier alpha value is 0.821. The molecular formula is C22H35Cl2SSiTi. The number of hydrogen-bond acceptors (Lipinski definition) is 1. The molecule has 0 saturated carbocycles. The molecule has 2 rings (SSSR count). The summed E-state index contributed by atoms with van der Waals surface area (Å²) in [5, 5.41) is 0. The first-order valence-electron chi connectivity index (χ1n) is 9.42. The molecule has 0 radical (unpaired) electrons. The SMILES string of the molecule is CC1=CCC(S[Si](C)(C)C)(C(C)(C)C2=[C]([Ti+2])CC=C2)C(C(C)(C)C)=C1.[Cl-].[Cl-]. The van der Waals surface area contributed by atoms with Crippen LogP contribution in [0.3, 0.4) is 0 Å². The summed E-state index contributed by atoms with van der Waals surface area (Å²) in [6.45, 7) is 22.0. The van der Waals surface area contributed by atoms with Gasteiger partial charge in [-0.2, -0.15) is 0 Å². The summed E-state index contributed by atoms with van der Waals surface area (Å²) in [5.41, 5.74) is 4.93. The molecular weight excluding hydrogens is 443 g/mol. The van der Waals surface area contributed by atoms with Gasteiger partial charge in [-0.3, -0.25) is 0 Å². The third-order valence-corrected chi connectivity index (χ3v) is 10.9. The maximum atomic E-state index is 2.51. The first-order valence-corrected chi connectivity index (χ1v) is 15.2. The molecule has 0 saturated heterocycles. The van der Waals surface area contributed by atoms with Gasteiger partial charge in [0.2, 0.25) is 0 Å². The van der Waals surface area contributed by atoms with Crippen molar-refractivity contribution in [3.63, 3.8) is 0 Å². The molecule has 0 heterocycles. The van der Waals surface area contributed by atoms with Gasteiger partial charge in [0.15, 0.2) is 0 Å². The zero-order valence-corrected chi connectivity index (χ0v) is 23.3. The van der Waals surface area contributed by atoms with Crippen molar-refractivity contribution >= 4 is 18.4 Å². The number of hydrogen-bond donors (Lipinski definition) is 0. The summed E-state index contributed by atoms with van der Waals surface area (Å²) in [5.74, 6) is 0. The van der Waals surface area contributed by atoms with Crippen molar-refractivity contribution in [1.29, 1.82) is 0 Å². The average molecular weight is 478 g/mol. The molecule has 0 aliphatic heterocycles. The van der Waals surface area contributed by atoms with Crippen molar-refractivity contribution in [1.82, 2.24) is 0 Å². The molecule has 0 amide bonds. The first kappa shape index (κ1) is 27.8. The molecule has 5 heteroatoms. The smallest absolute Gasteiger partial charge is 1.00 e. The zero-order valence-electron chi connectivity index (χ0n) is 18.4. The minimum Gasteiger partial charge on any atom is -1.00 e. The van der Waals surface area contributed by atoms with Crippen LogP contribution in [0.1, 0.15) is 54.4 Å². The minimum absolute atomic E-state index is 0. The second kappa shape index (κ2) is 9.31. The van der Waals surface area contributed by atoms with Gasteiger partial charge in [0, 0.05) is 0 Å². The van der Waals surface area contributed by atoms with Crippen LogP contribution < -0.4 is 24.8 Å². The monoisotopic (exact) mass is 477 g/mol. The van der Waals surface area contributed by atoms with Crippen LogP contribution in [0, 0.1) is 10.8 Å². The van der Waals surface area contributed by atoms with Crippen molar-refractivity contribution < 1.29 is 45.2 Å². The fourth-order valence-corrected chi connectivity index (χ4v) is 11.6. The minimum atomic E-state index is -1.34. The molecule has 2 aliphatic rings. The van der Waals surface area contributed by atoms with Crippen LogP contribution in [0.15, 0.2) is 44.9 Å². The van der Waals surface area contributed by atoms with Gasteiger partial charge in [0.05, 0.1) is 0 Å². The second-order valence-electron chi connectivity index (χ2n) is 10.1. The van der Waals surface area contributed by atoms with Gasteiger partial charge in [0.25, 0.3) is 0 Å². The first-order chi connectivity index (χ1) is 11.2. The number of allylic oxidation sites excluding steroid dienone is 7. The van der Waals surface area contributed by atoms with Crippen LogP contribution in [0.25, 0.3) is 0 Å². The van der Waals surface area contributed by atoms with Crippen LogP contribution in [0.4, 0.5) is 0 Å². The molecule has 1 unspecified atom stereocenters. The number of halogens is 2. The van der Waals surface area contributed by atoms with Crippen molar-refractivity contribution in [2.75, 3.05) is 0 Å². The second-order valence-corrected chi connectivity index (χ2v) is 20.5. The van der Waals surface area contributed by atoms with Crippen molar-refractivity contribution in [2.45, 2.75) is 78.8 Å².